The van der Waals surface area contributed by atoms with E-state index in [2.05, 4.69) is 5.10 Å². The van der Waals surface area contributed by atoms with Gasteiger partial charge in [0.1, 0.15) is 22.3 Å². The highest BCUT2D eigenvalue weighted by molar-refractivity contribution is 6.33. The van der Waals surface area contributed by atoms with E-state index in [0.717, 1.165) is 17.1 Å². The molecule has 6 heteroatoms. The molecule has 1 aromatic heterocycles. The van der Waals surface area contributed by atoms with Gasteiger partial charge in [-0.1, -0.05) is 11.6 Å². The van der Waals surface area contributed by atoms with Crippen LogP contribution in [-0.2, 0) is 0 Å². The molecule has 2 aromatic rings. The van der Waals surface area contributed by atoms with Crippen LogP contribution in [0.2, 0.25) is 5.02 Å². The highest BCUT2D eigenvalue weighted by Gasteiger charge is 2.19. The topological polar surface area (TPSA) is 62.3 Å². The molecular weight excluding hydrogens is 278 g/mol. The van der Waals surface area contributed by atoms with Crippen molar-refractivity contribution in [3.05, 3.63) is 34.5 Å². The lowest BCUT2D eigenvalue weighted by molar-refractivity contribution is 0.385. The predicted octanol–water partition coefficient (Wildman–Crippen LogP) is 3.05. The van der Waals surface area contributed by atoms with Crippen LogP contribution in [0.5, 0.6) is 11.5 Å². The van der Waals surface area contributed by atoms with Crippen LogP contribution in [0.4, 0.5) is 5.82 Å². The minimum absolute atomic E-state index is 0.0953. The largest absolute Gasteiger partial charge is 0.497 e. The number of anilines is 1. The lowest BCUT2D eigenvalue weighted by atomic mass is 10.1. The Labute approximate surface area is 123 Å². The molecule has 2 N–H and O–H groups in total. The fraction of sp³-hybridized carbons (Fsp3) is 0.357. The molecule has 0 amide bonds. The lowest BCUT2D eigenvalue weighted by Crippen LogP contribution is -2.12. The van der Waals surface area contributed by atoms with Gasteiger partial charge >= 0.3 is 0 Å². The van der Waals surface area contributed by atoms with Crippen LogP contribution in [0.1, 0.15) is 24.2 Å². The highest BCUT2D eigenvalue weighted by atomic mass is 35.5. The van der Waals surface area contributed by atoms with Crippen molar-refractivity contribution in [1.82, 2.24) is 9.78 Å². The van der Waals surface area contributed by atoms with E-state index in [1.807, 2.05) is 32.0 Å². The summed E-state index contributed by atoms with van der Waals surface area (Å²) in [7, 11) is 3.24. The summed E-state index contributed by atoms with van der Waals surface area (Å²) in [6.45, 7) is 3.82. The van der Waals surface area contributed by atoms with Crippen LogP contribution in [0.25, 0.3) is 0 Å². The molecule has 108 valence electrons. The SMILES string of the molecule is COc1ccc(C(C)n2nc(C)c(Cl)c2N)c(OC)c1. The average molecular weight is 296 g/mol. The van der Waals surface area contributed by atoms with E-state index >= 15 is 0 Å². The molecule has 1 unspecified atom stereocenters. The van der Waals surface area contributed by atoms with Gasteiger partial charge in [-0.15, -0.1) is 0 Å². The van der Waals surface area contributed by atoms with Crippen molar-refractivity contribution in [2.24, 2.45) is 0 Å². The van der Waals surface area contributed by atoms with Gasteiger partial charge in [0, 0.05) is 11.6 Å². The van der Waals surface area contributed by atoms with Gasteiger partial charge < -0.3 is 15.2 Å². The molecule has 0 saturated carbocycles. The number of rotatable bonds is 4. The first kappa shape index (κ1) is 14.5. The highest BCUT2D eigenvalue weighted by Crippen LogP contribution is 2.34. The molecule has 1 aromatic carbocycles. The van der Waals surface area contributed by atoms with E-state index in [4.69, 9.17) is 26.8 Å². The second-order valence-electron chi connectivity index (χ2n) is 4.51. The number of benzene rings is 1. The average Bonchev–Trinajstić information content (AvgIpc) is 2.73. The van der Waals surface area contributed by atoms with Gasteiger partial charge in [0.05, 0.1) is 26.0 Å². The molecule has 0 radical (unpaired) electrons. The second kappa shape index (κ2) is 5.63. The number of halogens is 1. The third-order valence-electron chi connectivity index (χ3n) is 3.30. The molecule has 0 bridgehead atoms. The number of nitrogens with zero attached hydrogens (tertiary/aromatic N) is 2. The Morgan fingerprint density at radius 1 is 1.30 bits per heavy atom. The zero-order chi connectivity index (χ0) is 14.9. The van der Waals surface area contributed by atoms with E-state index in [-0.39, 0.29) is 6.04 Å². The number of aromatic nitrogens is 2. The van der Waals surface area contributed by atoms with E-state index in [1.54, 1.807) is 18.9 Å². The minimum Gasteiger partial charge on any atom is -0.497 e. The first-order valence-corrected chi connectivity index (χ1v) is 6.59. The Bertz CT molecular complexity index is 625. The summed E-state index contributed by atoms with van der Waals surface area (Å²) in [5, 5.41) is 4.87. The fourth-order valence-electron chi connectivity index (χ4n) is 2.14. The molecule has 0 aliphatic heterocycles. The number of methoxy groups -OCH3 is 2. The van der Waals surface area contributed by atoms with Crippen LogP contribution < -0.4 is 15.2 Å². The van der Waals surface area contributed by atoms with Gasteiger partial charge in [-0.05, 0) is 26.0 Å². The Balaban J connectivity index is 2.47. The lowest BCUT2D eigenvalue weighted by Gasteiger charge is -2.18. The second-order valence-corrected chi connectivity index (χ2v) is 4.89. The molecule has 20 heavy (non-hydrogen) atoms. The van der Waals surface area contributed by atoms with E-state index < -0.39 is 0 Å². The van der Waals surface area contributed by atoms with E-state index in [1.165, 1.54) is 0 Å². The molecule has 1 heterocycles. The zero-order valence-corrected chi connectivity index (χ0v) is 12.7. The Morgan fingerprint density at radius 2 is 2.00 bits per heavy atom. The normalized spacial score (nSPS) is 12.2. The molecule has 0 spiro atoms. The van der Waals surface area contributed by atoms with Gasteiger partial charge in [-0.25, -0.2) is 4.68 Å². The summed E-state index contributed by atoms with van der Waals surface area (Å²) < 4.78 is 12.3. The summed E-state index contributed by atoms with van der Waals surface area (Å²) in [6, 6.07) is 5.55. The number of ether oxygens (including phenoxy) is 2. The summed E-state index contributed by atoms with van der Waals surface area (Å²) >= 11 is 6.09. The first-order chi connectivity index (χ1) is 9.49. The van der Waals surface area contributed by atoms with E-state index in [9.17, 15) is 0 Å². The van der Waals surface area contributed by atoms with Gasteiger partial charge in [-0.3, -0.25) is 0 Å². The van der Waals surface area contributed by atoms with Crippen molar-refractivity contribution in [2.75, 3.05) is 20.0 Å². The zero-order valence-electron chi connectivity index (χ0n) is 12.0. The number of nitrogens with two attached hydrogens (primary N) is 1. The van der Waals surface area contributed by atoms with Gasteiger partial charge in [0.2, 0.25) is 0 Å². The predicted molar refractivity (Wildman–Crippen MR) is 79.7 cm³/mol. The number of aryl methyl sites for hydroxylation is 1. The van der Waals surface area contributed by atoms with Gasteiger partial charge in [0.15, 0.2) is 0 Å². The van der Waals surface area contributed by atoms with Crippen LogP contribution in [-0.4, -0.2) is 24.0 Å². The maximum absolute atomic E-state index is 6.09. The van der Waals surface area contributed by atoms with Crippen molar-refractivity contribution in [3.63, 3.8) is 0 Å². The Hall–Kier alpha value is -1.88. The maximum Gasteiger partial charge on any atom is 0.141 e. The smallest absolute Gasteiger partial charge is 0.141 e. The molecule has 0 aliphatic carbocycles. The third kappa shape index (κ3) is 2.41. The third-order valence-corrected chi connectivity index (χ3v) is 3.77. The van der Waals surface area contributed by atoms with Crippen molar-refractivity contribution in [3.8, 4) is 11.5 Å². The number of hydrogen-bond acceptors (Lipinski definition) is 4. The quantitative estimate of drug-likeness (QED) is 0.941. The van der Waals surface area contributed by atoms with Crippen molar-refractivity contribution in [2.45, 2.75) is 19.9 Å². The molecule has 5 nitrogen and oxygen atoms in total. The molecule has 0 fully saturated rings. The first-order valence-electron chi connectivity index (χ1n) is 6.21. The number of nitrogen functional groups attached to an aromatic ring is 1. The van der Waals surface area contributed by atoms with E-state index in [0.29, 0.717) is 16.5 Å². The van der Waals surface area contributed by atoms with Crippen LogP contribution >= 0.6 is 11.6 Å². The van der Waals surface area contributed by atoms with Crippen molar-refractivity contribution < 1.29 is 9.47 Å². The van der Waals surface area contributed by atoms with Crippen LogP contribution in [0.15, 0.2) is 18.2 Å². The minimum atomic E-state index is -0.0953. The molecule has 2 rings (SSSR count). The van der Waals surface area contributed by atoms with Crippen LogP contribution in [0.3, 0.4) is 0 Å². The van der Waals surface area contributed by atoms with Gasteiger partial charge in [-0.2, -0.15) is 5.10 Å². The van der Waals surface area contributed by atoms with Crippen LogP contribution in [0, 0.1) is 6.92 Å². The molecule has 1 atom stereocenters. The van der Waals surface area contributed by atoms with Gasteiger partial charge in [0.25, 0.3) is 0 Å². The standard InChI is InChI=1S/C14H18ClN3O2/c1-8-13(15)14(16)18(17-8)9(2)11-6-5-10(19-3)7-12(11)20-4/h5-7,9H,16H2,1-4H3. The molecule has 0 saturated heterocycles. The Morgan fingerprint density at radius 3 is 2.50 bits per heavy atom. The number of hydrogen-bond donors (Lipinski definition) is 1. The summed E-state index contributed by atoms with van der Waals surface area (Å²) in [5.41, 5.74) is 7.66. The van der Waals surface area contributed by atoms with Crippen molar-refractivity contribution >= 4 is 17.4 Å². The fourth-order valence-corrected chi connectivity index (χ4v) is 2.26. The summed E-state index contributed by atoms with van der Waals surface area (Å²) in [4.78, 5) is 0. The Kier molecular flexibility index (Phi) is 4.09. The molecular formula is C14H18ClN3O2. The maximum atomic E-state index is 6.09. The monoisotopic (exact) mass is 295 g/mol. The van der Waals surface area contributed by atoms with Crippen molar-refractivity contribution in [1.29, 1.82) is 0 Å². The summed E-state index contributed by atoms with van der Waals surface area (Å²) in [5.74, 6) is 1.91. The summed E-state index contributed by atoms with van der Waals surface area (Å²) in [6.07, 6.45) is 0. The molecule has 0 aliphatic rings.